The molecule has 0 bridgehead atoms. The van der Waals surface area contributed by atoms with Crippen molar-refractivity contribution < 1.29 is 4.42 Å². The zero-order valence-corrected chi connectivity index (χ0v) is 7.76. The van der Waals surface area contributed by atoms with Crippen LogP contribution in [0.5, 0.6) is 0 Å². The molecule has 68 valence electrons. The van der Waals surface area contributed by atoms with Crippen LogP contribution < -0.4 is 0 Å². The summed E-state index contributed by atoms with van der Waals surface area (Å²) >= 11 is 0. The van der Waals surface area contributed by atoms with Gasteiger partial charge < -0.3 is 0 Å². The number of benzene rings is 1. The first kappa shape index (κ1) is 8.70. The highest BCUT2D eigenvalue weighted by Crippen LogP contribution is 2.06. The molecule has 0 aliphatic rings. The average molecular weight is 183 g/mol. The number of hydrogen-bond donors (Lipinski definition) is 0. The van der Waals surface area contributed by atoms with E-state index < -0.39 is 0 Å². The molecule has 0 saturated carbocycles. The quantitative estimate of drug-likeness (QED) is 0.645. The molecule has 2 aromatic rings. The van der Waals surface area contributed by atoms with Crippen LogP contribution in [-0.2, 0) is 0 Å². The smallest absolute Gasteiger partial charge is 0.216 e. The molecule has 0 aliphatic heterocycles. The van der Waals surface area contributed by atoms with Crippen molar-refractivity contribution in [3.05, 3.63) is 66.1 Å². The topological polar surface area (TPSA) is 11.3 Å². The van der Waals surface area contributed by atoms with E-state index in [0.717, 1.165) is 5.76 Å². The van der Waals surface area contributed by atoms with Gasteiger partial charge in [0.1, 0.15) is 0 Å². The second kappa shape index (κ2) is 4.38. The van der Waals surface area contributed by atoms with Crippen LogP contribution in [0.15, 0.2) is 59.2 Å². The fourth-order valence-corrected chi connectivity index (χ4v) is 1.19. The van der Waals surface area contributed by atoms with Crippen LogP contribution in [0.2, 0.25) is 0 Å². The lowest BCUT2D eigenvalue weighted by atomic mass is 10.2. The molecule has 1 heteroatoms. The van der Waals surface area contributed by atoms with E-state index in [1.807, 2.05) is 48.6 Å². The molecule has 0 fully saturated rings. The second-order valence-corrected chi connectivity index (χ2v) is 2.95. The van der Waals surface area contributed by atoms with E-state index in [-0.39, 0.29) is 0 Å². The number of hydrogen-bond acceptors (Lipinski definition) is 0. The maximum Gasteiger partial charge on any atom is 0.352 e. The maximum atomic E-state index is 5.26. The molecule has 0 saturated heterocycles. The van der Waals surface area contributed by atoms with Crippen LogP contribution in [-0.4, -0.2) is 0 Å². The molecule has 0 radical (unpaired) electrons. The van der Waals surface area contributed by atoms with Gasteiger partial charge in [-0.1, -0.05) is 30.3 Å². The van der Waals surface area contributed by atoms with Crippen molar-refractivity contribution in [2.75, 3.05) is 0 Å². The predicted octanol–water partition coefficient (Wildman–Crippen LogP) is 3.73. The Bertz CT molecular complexity index is 362. The third-order valence-electron chi connectivity index (χ3n) is 1.89. The minimum atomic E-state index is 0.858. The minimum Gasteiger partial charge on any atom is -0.216 e. The van der Waals surface area contributed by atoms with E-state index in [9.17, 15) is 0 Å². The largest absolute Gasteiger partial charge is 0.352 e. The van der Waals surface area contributed by atoms with Crippen molar-refractivity contribution in [2.45, 2.75) is 0 Å². The van der Waals surface area contributed by atoms with E-state index in [0.29, 0.717) is 0 Å². The number of rotatable bonds is 2. The van der Waals surface area contributed by atoms with Gasteiger partial charge in [0.25, 0.3) is 0 Å². The molecular weight excluding hydrogens is 172 g/mol. The van der Waals surface area contributed by atoms with Crippen LogP contribution in [0.3, 0.4) is 0 Å². The van der Waals surface area contributed by atoms with Crippen LogP contribution >= 0.6 is 0 Å². The molecule has 0 spiro atoms. The van der Waals surface area contributed by atoms with E-state index in [2.05, 4.69) is 12.1 Å². The molecule has 0 N–H and O–H groups in total. The summed E-state index contributed by atoms with van der Waals surface area (Å²) in [4.78, 5) is 0. The fourth-order valence-electron chi connectivity index (χ4n) is 1.19. The zero-order chi connectivity index (χ0) is 9.64. The van der Waals surface area contributed by atoms with Gasteiger partial charge in [0.15, 0.2) is 0 Å². The van der Waals surface area contributed by atoms with Crippen molar-refractivity contribution >= 4 is 12.2 Å². The fraction of sp³-hybridized carbons (Fsp3) is 0. The Morgan fingerprint density at radius 3 is 2.29 bits per heavy atom. The molecule has 0 atom stereocenters. The zero-order valence-electron chi connectivity index (χ0n) is 7.76. The Morgan fingerprint density at radius 1 is 0.786 bits per heavy atom. The van der Waals surface area contributed by atoms with Crippen LogP contribution in [0.25, 0.3) is 12.2 Å². The standard InChI is InChI=1S/C13H11O/c1-2-6-12(7-3-1)9-10-13-8-4-5-11-14-13/h1-11H/q+1/b10-9+. The summed E-state index contributed by atoms with van der Waals surface area (Å²) in [6.07, 6.45) is 5.65. The second-order valence-electron chi connectivity index (χ2n) is 2.95. The normalized spacial score (nSPS) is 10.6. The van der Waals surface area contributed by atoms with Crippen LogP contribution in [0.1, 0.15) is 11.3 Å². The van der Waals surface area contributed by atoms with Crippen LogP contribution in [0, 0.1) is 0 Å². The van der Waals surface area contributed by atoms with Gasteiger partial charge in [-0.2, -0.15) is 0 Å². The molecule has 0 aliphatic carbocycles. The van der Waals surface area contributed by atoms with Gasteiger partial charge in [0, 0.05) is 18.2 Å². The van der Waals surface area contributed by atoms with Gasteiger partial charge in [-0.3, -0.25) is 0 Å². The highest BCUT2D eigenvalue weighted by Gasteiger charge is 1.97. The summed E-state index contributed by atoms with van der Waals surface area (Å²) in [5.74, 6) is 0.858. The highest BCUT2D eigenvalue weighted by atomic mass is 16.3. The van der Waals surface area contributed by atoms with Gasteiger partial charge >= 0.3 is 12.0 Å². The van der Waals surface area contributed by atoms with Gasteiger partial charge in [0.05, 0.1) is 0 Å². The van der Waals surface area contributed by atoms with Gasteiger partial charge in [-0.15, -0.1) is 0 Å². The summed E-state index contributed by atoms with van der Waals surface area (Å²) in [7, 11) is 0. The van der Waals surface area contributed by atoms with Crippen molar-refractivity contribution in [2.24, 2.45) is 0 Å². The van der Waals surface area contributed by atoms with Crippen molar-refractivity contribution in [1.29, 1.82) is 0 Å². The molecule has 1 heterocycles. The van der Waals surface area contributed by atoms with E-state index in [1.165, 1.54) is 5.56 Å². The molecule has 0 amide bonds. The molecule has 2 rings (SSSR count). The monoisotopic (exact) mass is 183 g/mol. The minimum absolute atomic E-state index is 0.858. The van der Waals surface area contributed by atoms with Crippen molar-refractivity contribution in [1.82, 2.24) is 0 Å². The first-order valence-corrected chi connectivity index (χ1v) is 4.55. The Morgan fingerprint density at radius 2 is 1.57 bits per heavy atom. The Balaban J connectivity index is 2.16. The van der Waals surface area contributed by atoms with E-state index in [4.69, 9.17) is 4.42 Å². The summed E-state index contributed by atoms with van der Waals surface area (Å²) < 4.78 is 5.26. The molecule has 0 unspecified atom stereocenters. The Kier molecular flexibility index (Phi) is 2.72. The lowest BCUT2D eigenvalue weighted by Gasteiger charge is -1.87. The van der Waals surface area contributed by atoms with Crippen LogP contribution in [0.4, 0.5) is 0 Å². The Hall–Kier alpha value is -1.89. The maximum absolute atomic E-state index is 5.26. The van der Waals surface area contributed by atoms with E-state index in [1.54, 1.807) is 6.26 Å². The third kappa shape index (κ3) is 2.30. The molecule has 1 aromatic heterocycles. The summed E-state index contributed by atoms with van der Waals surface area (Å²) in [5.41, 5.74) is 1.17. The first-order chi connectivity index (χ1) is 6.95. The third-order valence-corrected chi connectivity index (χ3v) is 1.89. The highest BCUT2D eigenvalue weighted by molar-refractivity contribution is 5.66. The summed E-state index contributed by atoms with van der Waals surface area (Å²) in [5, 5.41) is 0. The molecule has 1 nitrogen and oxygen atoms in total. The first-order valence-electron chi connectivity index (χ1n) is 4.55. The summed E-state index contributed by atoms with van der Waals surface area (Å²) in [6, 6.07) is 15.9. The van der Waals surface area contributed by atoms with E-state index >= 15 is 0 Å². The summed E-state index contributed by atoms with van der Waals surface area (Å²) in [6.45, 7) is 0. The van der Waals surface area contributed by atoms with Gasteiger partial charge in [0.2, 0.25) is 0 Å². The predicted molar refractivity (Wildman–Crippen MR) is 58.5 cm³/mol. The average Bonchev–Trinajstić information content (AvgIpc) is 2.29. The molecule has 1 aromatic carbocycles. The lowest BCUT2D eigenvalue weighted by molar-refractivity contribution is 0.540. The lowest BCUT2D eigenvalue weighted by Crippen LogP contribution is -1.70. The van der Waals surface area contributed by atoms with Gasteiger partial charge in [-0.05, 0) is 17.7 Å². The Labute approximate surface area is 83.3 Å². The van der Waals surface area contributed by atoms with Crippen molar-refractivity contribution in [3.63, 3.8) is 0 Å². The molecular formula is C13H11O+. The SMILES string of the molecule is C(=C\c1cccc[o+]1)/c1ccccc1. The van der Waals surface area contributed by atoms with Crippen molar-refractivity contribution in [3.8, 4) is 0 Å². The van der Waals surface area contributed by atoms with Gasteiger partial charge in [-0.25, -0.2) is 4.42 Å². The molecule has 14 heavy (non-hydrogen) atoms.